The lowest BCUT2D eigenvalue weighted by Crippen LogP contribution is -2.29. The van der Waals surface area contributed by atoms with Gasteiger partial charge in [0.25, 0.3) is 11.6 Å². The minimum atomic E-state index is -0.498. The monoisotopic (exact) mass is 341 g/mol. The minimum Gasteiger partial charge on any atom is -0.386 e. The molecule has 0 bridgehead atoms. The average molecular weight is 341 g/mol. The molecule has 130 valence electrons. The number of aryl methyl sites for hydroxylation is 1. The highest BCUT2D eigenvalue weighted by Crippen LogP contribution is 2.15. The molecule has 0 aromatic heterocycles. The third kappa shape index (κ3) is 5.13. The van der Waals surface area contributed by atoms with Gasteiger partial charge in [-0.2, -0.15) is 0 Å². The van der Waals surface area contributed by atoms with Gasteiger partial charge in [-0.25, -0.2) is 0 Å². The Morgan fingerprint density at radius 1 is 1.24 bits per heavy atom. The molecule has 2 aromatic carbocycles. The third-order valence-electron chi connectivity index (χ3n) is 3.68. The summed E-state index contributed by atoms with van der Waals surface area (Å²) in [6, 6.07) is 14.0. The molecule has 0 radical (unpaired) electrons. The predicted octanol–water partition coefficient (Wildman–Crippen LogP) is 2.91. The lowest BCUT2D eigenvalue weighted by molar-refractivity contribution is -0.385. The van der Waals surface area contributed by atoms with Crippen molar-refractivity contribution in [3.8, 4) is 0 Å². The quantitative estimate of drug-likeness (QED) is 0.440. The fraction of sp³-hybridized carbons (Fsp3) is 0.222. The van der Waals surface area contributed by atoms with E-state index < -0.39 is 4.92 Å². The van der Waals surface area contributed by atoms with Crippen LogP contribution in [0, 0.1) is 17.0 Å². The molecule has 2 rings (SSSR count). The van der Waals surface area contributed by atoms with Crippen LogP contribution in [0.25, 0.3) is 0 Å². The first-order valence-electron chi connectivity index (χ1n) is 7.66. The van der Waals surface area contributed by atoms with Crippen LogP contribution in [-0.4, -0.2) is 35.6 Å². The number of carbonyl (C=O) groups is 1. The van der Waals surface area contributed by atoms with Crippen LogP contribution in [0.1, 0.15) is 16.7 Å². The number of benzene rings is 2. The van der Waals surface area contributed by atoms with E-state index in [1.165, 1.54) is 12.3 Å². The third-order valence-corrected chi connectivity index (χ3v) is 3.68. The molecule has 1 amide bonds. The highest BCUT2D eigenvalue weighted by molar-refractivity contribution is 5.85. The van der Waals surface area contributed by atoms with Crippen molar-refractivity contribution in [2.75, 3.05) is 13.7 Å². The summed E-state index contributed by atoms with van der Waals surface area (Å²) in [5.41, 5.74) is 2.41. The number of nitro groups is 1. The number of nitro benzene ring substituents is 1. The molecule has 25 heavy (non-hydrogen) atoms. The minimum absolute atomic E-state index is 0.0714. The van der Waals surface area contributed by atoms with Crippen molar-refractivity contribution in [1.82, 2.24) is 4.90 Å². The summed E-state index contributed by atoms with van der Waals surface area (Å²) < 4.78 is 0. The highest BCUT2D eigenvalue weighted by atomic mass is 16.6. The summed E-state index contributed by atoms with van der Waals surface area (Å²) >= 11 is 0. The zero-order valence-corrected chi connectivity index (χ0v) is 14.1. The maximum atomic E-state index is 12.1. The molecule has 0 aliphatic heterocycles. The smallest absolute Gasteiger partial charge is 0.278 e. The number of para-hydroxylation sites is 1. The molecule has 0 aliphatic rings. The second-order valence-electron chi connectivity index (χ2n) is 5.50. The first-order chi connectivity index (χ1) is 12.0. The van der Waals surface area contributed by atoms with Gasteiger partial charge in [-0.05, 0) is 24.1 Å². The summed E-state index contributed by atoms with van der Waals surface area (Å²) in [7, 11) is 1.68. The van der Waals surface area contributed by atoms with Gasteiger partial charge in [0.15, 0.2) is 6.61 Å². The van der Waals surface area contributed by atoms with Crippen LogP contribution in [0.2, 0.25) is 0 Å². The summed E-state index contributed by atoms with van der Waals surface area (Å²) in [6.07, 6.45) is 1.23. The number of hydrogen-bond acceptors (Lipinski definition) is 5. The molecular formula is C18H19N3O4. The van der Waals surface area contributed by atoms with E-state index in [-0.39, 0.29) is 18.2 Å². The average Bonchev–Trinajstić information content (AvgIpc) is 2.60. The van der Waals surface area contributed by atoms with E-state index >= 15 is 0 Å². The molecule has 0 unspecified atom stereocenters. The number of oxime groups is 1. The molecule has 2 aromatic rings. The van der Waals surface area contributed by atoms with Gasteiger partial charge < -0.3 is 9.74 Å². The van der Waals surface area contributed by atoms with Gasteiger partial charge in [-0.15, -0.1) is 0 Å². The second-order valence-corrected chi connectivity index (χ2v) is 5.50. The molecule has 7 heteroatoms. The van der Waals surface area contributed by atoms with Crippen LogP contribution >= 0.6 is 0 Å². The van der Waals surface area contributed by atoms with Crippen LogP contribution in [0.4, 0.5) is 5.69 Å². The van der Waals surface area contributed by atoms with Crippen molar-refractivity contribution in [3.63, 3.8) is 0 Å². The number of nitrogens with zero attached hydrogens (tertiary/aromatic N) is 3. The molecule has 0 spiro atoms. The molecule has 0 saturated carbocycles. The number of likely N-dealkylation sites (N-methyl/N-ethyl adjacent to an activating group) is 1. The van der Waals surface area contributed by atoms with Crippen LogP contribution in [0.5, 0.6) is 0 Å². The van der Waals surface area contributed by atoms with Gasteiger partial charge in [-0.1, -0.05) is 41.6 Å². The summed E-state index contributed by atoms with van der Waals surface area (Å²) in [4.78, 5) is 29.0. The normalized spacial score (nSPS) is 10.6. The Labute approximate surface area is 145 Å². The fourth-order valence-corrected chi connectivity index (χ4v) is 2.19. The number of hydrogen-bond donors (Lipinski definition) is 0. The lowest BCUT2D eigenvalue weighted by atomic mass is 10.1. The Morgan fingerprint density at radius 2 is 1.92 bits per heavy atom. The first-order valence-corrected chi connectivity index (χ1v) is 7.66. The standard InChI is InChI=1S/C18H19N3O4/c1-14-7-3-4-9-16(14)12-20(2)18(22)13-25-19-11-15-8-5-6-10-17(15)21(23)24/h3-11H,12-13H2,1-2H3/b19-11+. The SMILES string of the molecule is Cc1ccccc1CN(C)C(=O)CO/N=C/c1ccccc1[N+](=O)[O-]. The largest absolute Gasteiger partial charge is 0.386 e. The summed E-state index contributed by atoms with van der Waals surface area (Å²) in [5.74, 6) is -0.233. The Kier molecular flexibility index (Phi) is 6.22. The molecule has 7 nitrogen and oxygen atoms in total. The second kappa shape index (κ2) is 8.58. The van der Waals surface area contributed by atoms with Crippen molar-refractivity contribution in [2.24, 2.45) is 5.16 Å². The Bertz CT molecular complexity index is 789. The van der Waals surface area contributed by atoms with Gasteiger partial charge >= 0.3 is 0 Å². The number of rotatable bonds is 7. The van der Waals surface area contributed by atoms with Gasteiger partial charge in [0, 0.05) is 19.7 Å². The van der Waals surface area contributed by atoms with Gasteiger partial charge in [0.1, 0.15) is 0 Å². The molecule has 0 saturated heterocycles. The Balaban J connectivity index is 1.88. The molecular weight excluding hydrogens is 322 g/mol. The molecule has 0 fully saturated rings. The topological polar surface area (TPSA) is 85.0 Å². The predicted molar refractivity (Wildman–Crippen MR) is 94.3 cm³/mol. The van der Waals surface area contributed by atoms with E-state index in [4.69, 9.17) is 4.84 Å². The van der Waals surface area contributed by atoms with Crippen LogP contribution < -0.4 is 0 Å². The van der Waals surface area contributed by atoms with Crippen molar-refractivity contribution >= 4 is 17.8 Å². The maximum absolute atomic E-state index is 12.1. The molecule has 0 aliphatic carbocycles. The number of carbonyl (C=O) groups excluding carboxylic acids is 1. The van der Waals surface area contributed by atoms with E-state index in [2.05, 4.69) is 5.16 Å². The summed E-state index contributed by atoms with van der Waals surface area (Å²) in [5, 5.41) is 14.6. The Hall–Kier alpha value is -3.22. The van der Waals surface area contributed by atoms with E-state index in [1.807, 2.05) is 31.2 Å². The fourth-order valence-electron chi connectivity index (χ4n) is 2.19. The van der Waals surface area contributed by atoms with Crippen molar-refractivity contribution in [2.45, 2.75) is 13.5 Å². The van der Waals surface area contributed by atoms with Gasteiger partial charge in [-0.3, -0.25) is 14.9 Å². The van der Waals surface area contributed by atoms with Crippen LogP contribution in [-0.2, 0) is 16.2 Å². The van der Waals surface area contributed by atoms with E-state index in [1.54, 1.807) is 30.1 Å². The van der Waals surface area contributed by atoms with E-state index in [9.17, 15) is 14.9 Å². The van der Waals surface area contributed by atoms with Crippen molar-refractivity contribution in [3.05, 3.63) is 75.3 Å². The first kappa shape index (κ1) is 18.1. The van der Waals surface area contributed by atoms with E-state index in [0.29, 0.717) is 12.1 Å². The number of amides is 1. The van der Waals surface area contributed by atoms with Gasteiger partial charge in [0.2, 0.25) is 0 Å². The molecule has 0 heterocycles. The van der Waals surface area contributed by atoms with Crippen LogP contribution in [0.3, 0.4) is 0 Å². The highest BCUT2D eigenvalue weighted by Gasteiger charge is 2.12. The molecule has 0 N–H and O–H groups in total. The maximum Gasteiger partial charge on any atom is 0.278 e. The lowest BCUT2D eigenvalue weighted by Gasteiger charge is -2.17. The zero-order valence-electron chi connectivity index (χ0n) is 14.1. The Morgan fingerprint density at radius 3 is 2.64 bits per heavy atom. The van der Waals surface area contributed by atoms with E-state index in [0.717, 1.165) is 11.1 Å². The molecule has 0 atom stereocenters. The zero-order chi connectivity index (χ0) is 18.2. The van der Waals surface area contributed by atoms with Crippen molar-refractivity contribution in [1.29, 1.82) is 0 Å². The van der Waals surface area contributed by atoms with Gasteiger partial charge in [0.05, 0.1) is 16.7 Å². The summed E-state index contributed by atoms with van der Waals surface area (Å²) in [6.45, 7) is 2.23. The van der Waals surface area contributed by atoms with Crippen LogP contribution in [0.15, 0.2) is 53.7 Å². The van der Waals surface area contributed by atoms with Crippen molar-refractivity contribution < 1.29 is 14.6 Å².